The fraction of sp³-hybridized carbons (Fsp3) is 0.562. The first-order chi connectivity index (χ1) is 9.27. The molecule has 4 heteroatoms. The minimum atomic E-state index is -0.714. The molecule has 112 valence electrons. The molecule has 1 aromatic rings. The number of hydrogen-bond donors (Lipinski definition) is 1. The van der Waals surface area contributed by atoms with Crippen molar-refractivity contribution in [3.63, 3.8) is 0 Å². The molecular formula is C16H24O4. The molecular weight excluding hydrogens is 256 g/mol. The molecule has 0 saturated carbocycles. The van der Waals surface area contributed by atoms with E-state index in [0.717, 1.165) is 11.3 Å². The van der Waals surface area contributed by atoms with Gasteiger partial charge < -0.3 is 14.6 Å². The quantitative estimate of drug-likeness (QED) is 0.814. The van der Waals surface area contributed by atoms with Crippen LogP contribution in [0, 0.1) is 11.3 Å². The van der Waals surface area contributed by atoms with Crippen LogP contribution in [0.25, 0.3) is 0 Å². The van der Waals surface area contributed by atoms with Crippen molar-refractivity contribution in [2.75, 3.05) is 13.7 Å². The fourth-order valence-electron chi connectivity index (χ4n) is 1.74. The van der Waals surface area contributed by atoms with Crippen LogP contribution in [-0.4, -0.2) is 24.8 Å². The Kier molecular flexibility index (Phi) is 5.57. The molecule has 0 amide bonds. The highest BCUT2D eigenvalue weighted by Crippen LogP contribution is 2.34. The van der Waals surface area contributed by atoms with Crippen molar-refractivity contribution in [1.82, 2.24) is 0 Å². The van der Waals surface area contributed by atoms with Crippen LogP contribution in [0.2, 0.25) is 0 Å². The molecule has 0 radical (unpaired) electrons. The molecule has 0 aliphatic heterocycles. The molecule has 1 rings (SSSR count). The maximum atomic E-state index is 11.5. The van der Waals surface area contributed by atoms with Gasteiger partial charge in [0, 0.05) is 5.41 Å². The molecule has 0 spiro atoms. The van der Waals surface area contributed by atoms with Crippen molar-refractivity contribution in [2.24, 2.45) is 11.3 Å². The first-order valence-electron chi connectivity index (χ1n) is 6.76. The Morgan fingerprint density at radius 3 is 2.25 bits per heavy atom. The van der Waals surface area contributed by atoms with E-state index < -0.39 is 11.5 Å². The molecule has 1 N–H and O–H groups in total. The van der Waals surface area contributed by atoms with E-state index in [1.54, 1.807) is 33.1 Å². The van der Waals surface area contributed by atoms with Gasteiger partial charge in [0.2, 0.25) is 0 Å². The number of hydrogen-bond acceptors (Lipinski definition) is 4. The molecule has 0 bridgehead atoms. The average molecular weight is 280 g/mol. The summed E-state index contributed by atoms with van der Waals surface area (Å²) in [6.07, 6.45) is -0.714. The minimum Gasteiger partial charge on any atom is -0.497 e. The van der Waals surface area contributed by atoms with Crippen molar-refractivity contribution in [2.45, 2.75) is 33.8 Å². The van der Waals surface area contributed by atoms with Gasteiger partial charge in [0.1, 0.15) is 5.75 Å². The van der Waals surface area contributed by atoms with Gasteiger partial charge in [0.05, 0.1) is 25.7 Å². The number of aliphatic hydroxyl groups excluding tert-OH is 1. The van der Waals surface area contributed by atoms with E-state index in [9.17, 15) is 9.90 Å². The van der Waals surface area contributed by atoms with E-state index in [-0.39, 0.29) is 18.5 Å². The molecule has 0 saturated heterocycles. The second-order valence-electron chi connectivity index (χ2n) is 5.93. The molecule has 1 aromatic carbocycles. The Labute approximate surface area is 120 Å². The zero-order chi connectivity index (χ0) is 15.3. The Hall–Kier alpha value is -1.55. The van der Waals surface area contributed by atoms with Gasteiger partial charge in [-0.2, -0.15) is 0 Å². The van der Waals surface area contributed by atoms with Gasteiger partial charge in [-0.15, -0.1) is 0 Å². The SMILES string of the molecule is COc1ccc([C@H](O)C(C)(C)COC(=O)C(C)C)cc1. The summed E-state index contributed by atoms with van der Waals surface area (Å²) >= 11 is 0. The van der Waals surface area contributed by atoms with Crippen LogP contribution in [0.15, 0.2) is 24.3 Å². The molecule has 4 nitrogen and oxygen atoms in total. The van der Waals surface area contributed by atoms with Crippen molar-refractivity contribution in [3.8, 4) is 5.75 Å². The number of ether oxygens (including phenoxy) is 2. The highest BCUT2D eigenvalue weighted by atomic mass is 16.5. The van der Waals surface area contributed by atoms with Crippen LogP contribution < -0.4 is 4.74 Å². The summed E-state index contributed by atoms with van der Waals surface area (Å²) in [5.41, 5.74) is 0.218. The van der Waals surface area contributed by atoms with E-state index in [1.807, 2.05) is 26.0 Å². The van der Waals surface area contributed by atoms with Crippen molar-refractivity contribution in [1.29, 1.82) is 0 Å². The number of aliphatic hydroxyl groups is 1. The van der Waals surface area contributed by atoms with E-state index in [1.165, 1.54) is 0 Å². The number of benzene rings is 1. The third-order valence-electron chi connectivity index (χ3n) is 3.23. The summed E-state index contributed by atoms with van der Waals surface area (Å²) in [6.45, 7) is 7.49. The monoisotopic (exact) mass is 280 g/mol. The maximum Gasteiger partial charge on any atom is 0.308 e. The first-order valence-corrected chi connectivity index (χ1v) is 6.76. The van der Waals surface area contributed by atoms with Crippen LogP contribution in [-0.2, 0) is 9.53 Å². The largest absolute Gasteiger partial charge is 0.497 e. The predicted octanol–water partition coefficient (Wildman–Crippen LogP) is 2.95. The predicted molar refractivity (Wildman–Crippen MR) is 77.5 cm³/mol. The van der Waals surface area contributed by atoms with Crippen LogP contribution in [0.4, 0.5) is 0 Å². The standard InChI is InChI=1S/C16H24O4/c1-11(2)15(18)20-10-16(3,4)14(17)12-6-8-13(19-5)9-7-12/h6-9,11,14,17H,10H2,1-5H3/t14-/m0/s1. The number of methoxy groups -OCH3 is 1. The molecule has 0 fully saturated rings. The molecule has 0 aliphatic rings. The second-order valence-corrected chi connectivity index (χ2v) is 5.93. The molecule has 0 heterocycles. The van der Waals surface area contributed by atoms with Crippen molar-refractivity contribution >= 4 is 5.97 Å². The third-order valence-corrected chi connectivity index (χ3v) is 3.23. The van der Waals surface area contributed by atoms with Crippen LogP contribution in [0.3, 0.4) is 0 Å². The topological polar surface area (TPSA) is 55.8 Å². The summed E-state index contributed by atoms with van der Waals surface area (Å²) < 4.78 is 10.3. The maximum absolute atomic E-state index is 11.5. The Bertz CT molecular complexity index is 434. The summed E-state index contributed by atoms with van der Waals surface area (Å²) in [7, 11) is 1.60. The van der Waals surface area contributed by atoms with Gasteiger partial charge in [0.25, 0.3) is 0 Å². The third kappa shape index (κ3) is 4.23. The summed E-state index contributed by atoms with van der Waals surface area (Å²) in [6, 6.07) is 7.23. The van der Waals surface area contributed by atoms with E-state index in [4.69, 9.17) is 9.47 Å². The Balaban J connectivity index is 2.72. The smallest absolute Gasteiger partial charge is 0.308 e. The summed E-state index contributed by atoms with van der Waals surface area (Å²) in [5.74, 6) is 0.328. The van der Waals surface area contributed by atoms with Crippen molar-refractivity contribution in [3.05, 3.63) is 29.8 Å². The van der Waals surface area contributed by atoms with Gasteiger partial charge in [-0.25, -0.2) is 0 Å². The number of carbonyl (C=O) groups is 1. The molecule has 0 unspecified atom stereocenters. The number of rotatable bonds is 6. The van der Waals surface area contributed by atoms with E-state index >= 15 is 0 Å². The van der Waals surface area contributed by atoms with Gasteiger partial charge in [-0.05, 0) is 17.7 Å². The van der Waals surface area contributed by atoms with E-state index in [0.29, 0.717) is 0 Å². The van der Waals surface area contributed by atoms with Crippen LogP contribution in [0.5, 0.6) is 5.75 Å². The lowest BCUT2D eigenvalue weighted by atomic mass is 9.83. The highest BCUT2D eigenvalue weighted by molar-refractivity contribution is 5.71. The molecule has 1 atom stereocenters. The fourth-order valence-corrected chi connectivity index (χ4v) is 1.74. The second kappa shape index (κ2) is 6.75. The number of esters is 1. The van der Waals surface area contributed by atoms with Gasteiger partial charge >= 0.3 is 5.97 Å². The first kappa shape index (κ1) is 16.5. The van der Waals surface area contributed by atoms with Gasteiger partial charge in [-0.3, -0.25) is 4.79 Å². The molecule has 20 heavy (non-hydrogen) atoms. The zero-order valence-electron chi connectivity index (χ0n) is 12.8. The lowest BCUT2D eigenvalue weighted by molar-refractivity contribution is -0.153. The van der Waals surface area contributed by atoms with Crippen LogP contribution in [0.1, 0.15) is 39.4 Å². The Morgan fingerprint density at radius 2 is 1.80 bits per heavy atom. The zero-order valence-corrected chi connectivity index (χ0v) is 12.8. The summed E-state index contributed by atoms with van der Waals surface area (Å²) in [4.78, 5) is 11.5. The average Bonchev–Trinajstić information content (AvgIpc) is 2.44. The summed E-state index contributed by atoms with van der Waals surface area (Å²) in [5, 5.41) is 10.4. The molecule has 0 aliphatic carbocycles. The van der Waals surface area contributed by atoms with E-state index in [2.05, 4.69) is 0 Å². The highest BCUT2D eigenvalue weighted by Gasteiger charge is 2.31. The van der Waals surface area contributed by atoms with Gasteiger partial charge in [-0.1, -0.05) is 39.8 Å². The normalized spacial score (nSPS) is 13.2. The lowest BCUT2D eigenvalue weighted by Gasteiger charge is -2.30. The minimum absolute atomic E-state index is 0.163. The Morgan fingerprint density at radius 1 is 1.25 bits per heavy atom. The van der Waals surface area contributed by atoms with Crippen molar-refractivity contribution < 1.29 is 19.4 Å². The lowest BCUT2D eigenvalue weighted by Crippen LogP contribution is -2.30. The van der Waals surface area contributed by atoms with Gasteiger partial charge in [0.15, 0.2) is 0 Å². The van der Waals surface area contributed by atoms with Crippen LogP contribution >= 0.6 is 0 Å². The number of carbonyl (C=O) groups excluding carboxylic acids is 1. The molecule has 0 aromatic heterocycles.